The number of phenolic OH excluding ortho intramolecular Hbond substituents is 1. The Morgan fingerprint density at radius 1 is 1.47 bits per heavy atom. The molecule has 0 aliphatic heterocycles. The predicted molar refractivity (Wildman–Crippen MR) is 71.0 cm³/mol. The summed E-state index contributed by atoms with van der Waals surface area (Å²) < 4.78 is 4.64. The molecule has 0 radical (unpaired) electrons. The highest BCUT2D eigenvalue weighted by Crippen LogP contribution is 2.18. The molecule has 0 saturated heterocycles. The number of phenols is 1. The molecule has 0 aromatic heterocycles. The van der Waals surface area contributed by atoms with E-state index in [1.165, 1.54) is 14.0 Å². The number of anilines is 1. The number of aromatic hydroxyl groups is 1. The van der Waals surface area contributed by atoms with Crippen LogP contribution in [0.3, 0.4) is 0 Å². The zero-order valence-corrected chi connectivity index (χ0v) is 11.2. The summed E-state index contributed by atoms with van der Waals surface area (Å²) >= 11 is 0. The number of hydrogen-bond acceptors (Lipinski definition) is 5. The number of benzene rings is 1. The number of hydrogen-bond donors (Lipinski definition) is 2. The maximum Gasteiger partial charge on any atom is 0.330 e. The van der Waals surface area contributed by atoms with Crippen molar-refractivity contribution in [2.45, 2.75) is 13.0 Å². The van der Waals surface area contributed by atoms with Gasteiger partial charge in [-0.2, -0.15) is 0 Å². The Hall–Kier alpha value is -2.24. The highest BCUT2D eigenvalue weighted by Gasteiger charge is 2.22. The van der Waals surface area contributed by atoms with Crippen LogP contribution in [0, 0.1) is 0 Å². The van der Waals surface area contributed by atoms with Gasteiger partial charge in [-0.05, 0) is 12.1 Å². The minimum absolute atomic E-state index is 0.137. The van der Waals surface area contributed by atoms with Gasteiger partial charge in [0.1, 0.15) is 11.8 Å². The monoisotopic (exact) mass is 266 g/mol. The lowest BCUT2D eigenvalue weighted by atomic mass is 10.2. The van der Waals surface area contributed by atoms with Gasteiger partial charge in [0, 0.05) is 32.3 Å². The SMILES string of the molecule is COC(=O)C(CN(C)c1cccc(O)c1)NC(C)=O. The van der Waals surface area contributed by atoms with E-state index >= 15 is 0 Å². The molecule has 6 nitrogen and oxygen atoms in total. The molecule has 19 heavy (non-hydrogen) atoms. The lowest BCUT2D eigenvalue weighted by molar-refractivity contribution is -0.144. The van der Waals surface area contributed by atoms with Crippen molar-refractivity contribution in [3.8, 4) is 5.75 Å². The quantitative estimate of drug-likeness (QED) is 0.759. The van der Waals surface area contributed by atoms with Crippen LogP contribution < -0.4 is 10.2 Å². The molecule has 1 aromatic carbocycles. The number of rotatable bonds is 5. The van der Waals surface area contributed by atoms with E-state index in [2.05, 4.69) is 10.1 Å². The van der Waals surface area contributed by atoms with Crippen LogP contribution in [0.5, 0.6) is 5.75 Å². The summed E-state index contributed by atoms with van der Waals surface area (Å²) in [4.78, 5) is 24.4. The fraction of sp³-hybridized carbons (Fsp3) is 0.385. The number of likely N-dealkylation sites (N-methyl/N-ethyl adjacent to an activating group) is 1. The second kappa shape index (κ2) is 6.63. The Balaban J connectivity index is 2.78. The number of carbonyl (C=O) groups is 2. The van der Waals surface area contributed by atoms with Crippen molar-refractivity contribution >= 4 is 17.6 Å². The maximum atomic E-state index is 11.6. The summed E-state index contributed by atoms with van der Waals surface area (Å²) in [6.07, 6.45) is 0. The highest BCUT2D eigenvalue weighted by molar-refractivity contribution is 5.83. The van der Waals surface area contributed by atoms with E-state index in [9.17, 15) is 14.7 Å². The molecule has 0 aliphatic carbocycles. The molecule has 6 heteroatoms. The van der Waals surface area contributed by atoms with Crippen molar-refractivity contribution in [3.05, 3.63) is 24.3 Å². The van der Waals surface area contributed by atoms with Gasteiger partial charge in [-0.15, -0.1) is 0 Å². The molecule has 0 spiro atoms. The lowest BCUT2D eigenvalue weighted by Gasteiger charge is -2.24. The van der Waals surface area contributed by atoms with E-state index in [1.807, 2.05) is 0 Å². The van der Waals surface area contributed by atoms with Gasteiger partial charge in [-0.25, -0.2) is 4.79 Å². The van der Waals surface area contributed by atoms with Crippen molar-refractivity contribution in [1.82, 2.24) is 5.32 Å². The number of amides is 1. The van der Waals surface area contributed by atoms with Gasteiger partial charge < -0.3 is 20.1 Å². The normalized spacial score (nSPS) is 11.5. The van der Waals surface area contributed by atoms with E-state index in [0.717, 1.165) is 5.69 Å². The number of methoxy groups -OCH3 is 1. The molecule has 0 heterocycles. The third-order valence-electron chi connectivity index (χ3n) is 2.59. The van der Waals surface area contributed by atoms with Crippen LogP contribution in [0.4, 0.5) is 5.69 Å². The molecule has 0 bridgehead atoms. The molecule has 1 amide bonds. The molecule has 1 atom stereocenters. The summed E-state index contributed by atoms with van der Waals surface area (Å²) in [7, 11) is 3.03. The zero-order chi connectivity index (χ0) is 14.4. The van der Waals surface area contributed by atoms with E-state index in [1.54, 1.807) is 36.2 Å². The summed E-state index contributed by atoms with van der Waals surface area (Å²) in [6.45, 7) is 1.58. The molecule has 0 fully saturated rings. The van der Waals surface area contributed by atoms with Gasteiger partial charge >= 0.3 is 5.97 Å². The summed E-state index contributed by atoms with van der Waals surface area (Å²) in [5.41, 5.74) is 0.735. The summed E-state index contributed by atoms with van der Waals surface area (Å²) in [5.74, 6) is -0.680. The topological polar surface area (TPSA) is 78.9 Å². The number of carbonyl (C=O) groups excluding carboxylic acids is 2. The van der Waals surface area contributed by atoms with Crippen LogP contribution in [0.25, 0.3) is 0 Å². The number of ether oxygens (including phenoxy) is 1. The molecule has 1 aromatic rings. The number of esters is 1. The molecule has 104 valence electrons. The fourth-order valence-electron chi connectivity index (χ4n) is 1.68. The third-order valence-corrected chi connectivity index (χ3v) is 2.59. The predicted octanol–water partition coefficient (Wildman–Crippen LogP) is 0.506. The van der Waals surface area contributed by atoms with Crippen molar-refractivity contribution < 1.29 is 19.4 Å². The first kappa shape index (κ1) is 14.8. The van der Waals surface area contributed by atoms with Crippen LogP contribution >= 0.6 is 0 Å². The summed E-state index contributed by atoms with van der Waals surface area (Å²) in [6, 6.07) is 5.87. The Morgan fingerprint density at radius 3 is 2.68 bits per heavy atom. The molecule has 1 rings (SSSR count). The van der Waals surface area contributed by atoms with Crippen molar-refractivity contribution in [3.63, 3.8) is 0 Å². The largest absolute Gasteiger partial charge is 0.508 e. The molecular formula is C13H18N2O4. The van der Waals surface area contributed by atoms with E-state index in [4.69, 9.17) is 0 Å². The lowest BCUT2D eigenvalue weighted by Crippen LogP contribution is -2.47. The van der Waals surface area contributed by atoms with Crippen molar-refractivity contribution in [1.29, 1.82) is 0 Å². The van der Waals surface area contributed by atoms with Crippen molar-refractivity contribution in [2.24, 2.45) is 0 Å². The molecule has 2 N–H and O–H groups in total. The average molecular weight is 266 g/mol. The van der Waals surface area contributed by atoms with E-state index < -0.39 is 12.0 Å². The van der Waals surface area contributed by atoms with Crippen LogP contribution in [0.1, 0.15) is 6.92 Å². The Morgan fingerprint density at radius 2 is 2.16 bits per heavy atom. The van der Waals surface area contributed by atoms with Crippen LogP contribution in [-0.4, -0.2) is 43.7 Å². The van der Waals surface area contributed by atoms with E-state index in [0.29, 0.717) is 0 Å². The molecule has 1 unspecified atom stereocenters. The summed E-state index contributed by atoms with van der Waals surface area (Å²) in [5, 5.41) is 11.9. The second-order valence-electron chi connectivity index (χ2n) is 4.18. The van der Waals surface area contributed by atoms with E-state index in [-0.39, 0.29) is 18.2 Å². The Kier molecular flexibility index (Phi) is 5.17. The highest BCUT2D eigenvalue weighted by atomic mass is 16.5. The number of nitrogens with one attached hydrogen (secondary N) is 1. The van der Waals surface area contributed by atoms with Crippen LogP contribution in [-0.2, 0) is 14.3 Å². The van der Waals surface area contributed by atoms with Gasteiger partial charge in [0.15, 0.2) is 0 Å². The standard InChI is InChI=1S/C13H18N2O4/c1-9(16)14-12(13(18)19-3)8-15(2)10-5-4-6-11(17)7-10/h4-7,12,17H,8H2,1-3H3,(H,14,16). The van der Waals surface area contributed by atoms with Crippen LogP contribution in [0.2, 0.25) is 0 Å². The second-order valence-corrected chi connectivity index (χ2v) is 4.18. The minimum atomic E-state index is -0.755. The van der Waals surface area contributed by atoms with Gasteiger partial charge in [0.2, 0.25) is 5.91 Å². The first-order valence-corrected chi connectivity index (χ1v) is 5.79. The third kappa shape index (κ3) is 4.50. The maximum absolute atomic E-state index is 11.6. The zero-order valence-electron chi connectivity index (χ0n) is 11.2. The Labute approximate surface area is 112 Å². The minimum Gasteiger partial charge on any atom is -0.508 e. The fourth-order valence-corrected chi connectivity index (χ4v) is 1.68. The van der Waals surface area contributed by atoms with Crippen LogP contribution in [0.15, 0.2) is 24.3 Å². The molecule has 0 saturated carbocycles. The van der Waals surface area contributed by atoms with Gasteiger partial charge in [0.05, 0.1) is 7.11 Å². The number of nitrogens with zero attached hydrogens (tertiary/aromatic N) is 1. The average Bonchev–Trinajstić information content (AvgIpc) is 2.36. The van der Waals surface area contributed by atoms with Gasteiger partial charge in [-0.3, -0.25) is 4.79 Å². The van der Waals surface area contributed by atoms with Gasteiger partial charge in [0.25, 0.3) is 0 Å². The molecular weight excluding hydrogens is 248 g/mol. The molecule has 0 aliphatic rings. The smallest absolute Gasteiger partial charge is 0.330 e. The Bertz CT molecular complexity index is 462. The first-order chi connectivity index (χ1) is 8.93. The first-order valence-electron chi connectivity index (χ1n) is 5.79. The van der Waals surface area contributed by atoms with Crippen molar-refractivity contribution in [2.75, 3.05) is 25.6 Å². The van der Waals surface area contributed by atoms with Gasteiger partial charge in [-0.1, -0.05) is 6.07 Å².